The van der Waals surface area contributed by atoms with Crippen molar-refractivity contribution in [3.63, 3.8) is 0 Å². The molecule has 2 N–H and O–H groups in total. The summed E-state index contributed by atoms with van der Waals surface area (Å²) >= 11 is 0. The lowest BCUT2D eigenvalue weighted by atomic mass is 10.2. The molecule has 2 atom stereocenters. The first kappa shape index (κ1) is 11.6. The topological polar surface area (TPSA) is 83.8 Å². The molecule has 1 rings (SSSR count). The third kappa shape index (κ3) is 4.18. The molecule has 0 saturated carbocycles. The highest BCUT2D eigenvalue weighted by Gasteiger charge is 2.22. The minimum atomic E-state index is -3.99. The minimum absolute atomic E-state index is 0.259. The first-order valence-corrected chi connectivity index (χ1v) is 6.80. The fraction of sp³-hybridized carbons (Fsp3) is 0.143. The zero-order valence-corrected chi connectivity index (χ0v) is 9.05. The number of rotatable bonds is 4. The molecule has 0 heterocycles. The molecule has 78 valence electrons. The maximum Gasteiger partial charge on any atom is 0.339 e. The van der Waals surface area contributed by atoms with Crippen LogP contribution in [0.4, 0.5) is 0 Å². The van der Waals surface area contributed by atoms with Crippen LogP contribution in [-0.2, 0) is 19.6 Å². The summed E-state index contributed by atoms with van der Waals surface area (Å²) in [6.45, 7) is 0. The Bertz CT molecular complexity index is 364. The molecule has 0 aliphatic carbocycles. The Morgan fingerprint density at radius 1 is 1.36 bits per heavy atom. The third-order valence-electron chi connectivity index (χ3n) is 1.45. The van der Waals surface area contributed by atoms with Gasteiger partial charge in [-0.1, -0.05) is 30.3 Å². The molecular weight excluding hydrogens is 226 g/mol. The smallest absolute Gasteiger partial charge is 0.326 e. The van der Waals surface area contributed by atoms with Crippen LogP contribution in [-0.4, -0.2) is 9.79 Å². The summed E-state index contributed by atoms with van der Waals surface area (Å²) in [4.78, 5) is 17.5. The highest BCUT2D eigenvalue weighted by molar-refractivity contribution is 7.59. The maximum atomic E-state index is 11.2. The molecule has 0 aliphatic rings. The van der Waals surface area contributed by atoms with Gasteiger partial charge in [-0.3, -0.25) is 9.13 Å². The van der Waals surface area contributed by atoms with Gasteiger partial charge in [0.1, 0.15) is 0 Å². The standard InChI is InChI=1S/C7H10O5P2/c8-13(9)12-14(10,11)6-7-4-2-1-3-5-7/h1-5,13H,6H2,(H,8,9)(H,10,11). The van der Waals surface area contributed by atoms with E-state index in [-0.39, 0.29) is 6.16 Å². The summed E-state index contributed by atoms with van der Waals surface area (Å²) in [6, 6.07) is 8.46. The normalized spacial score (nSPS) is 17.3. The van der Waals surface area contributed by atoms with E-state index in [1.54, 1.807) is 30.3 Å². The number of hydrogen-bond donors (Lipinski definition) is 2. The fourth-order valence-electron chi connectivity index (χ4n) is 0.968. The summed E-state index contributed by atoms with van der Waals surface area (Å²) in [5.41, 5.74) is 0.585. The van der Waals surface area contributed by atoms with Crippen LogP contribution in [0.1, 0.15) is 5.56 Å². The molecule has 1 aromatic carbocycles. The lowest BCUT2D eigenvalue weighted by molar-refractivity contribution is 0.349. The van der Waals surface area contributed by atoms with E-state index in [9.17, 15) is 9.13 Å². The predicted octanol–water partition coefficient (Wildman–Crippen LogP) is 1.77. The van der Waals surface area contributed by atoms with Gasteiger partial charge in [-0.15, -0.1) is 0 Å². The van der Waals surface area contributed by atoms with Crippen molar-refractivity contribution in [2.45, 2.75) is 6.16 Å². The SMILES string of the molecule is O=[PH](O)OP(=O)(O)Cc1ccccc1. The maximum absolute atomic E-state index is 11.2. The first-order chi connectivity index (χ1) is 6.49. The van der Waals surface area contributed by atoms with Crippen molar-refractivity contribution in [1.82, 2.24) is 0 Å². The van der Waals surface area contributed by atoms with Crippen LogP contribution >= 0.6 is 15.9 Å². The molecular formula is C7H10O5P2. The Balaban J connectivity index is 2.69. The van der Waals surface area contributed by atoms with Gasteiger partial charge < -0.3 is 9.79 Å². The zero-order chi connectivity index (χ0) is 10.6. The minimum Gasteiger partial charge on any atom is -0.326 e. The van der Waals surface area contributed by atoms with Crippen molar-refractivity contribution >= 4 is 15.9 Å². The quantitative estimate of drug-likeness (QED) is 0.778. The highest BCUT2D eigenvalue weighted by atomic mass is 31.2. The average molecular weight is 236 g/mol. The van der Waals surface area contributed by atoms with Gasteiger partial charge in [0, 0.05) is 0 Å². The van der Waals surface area contributed by atoms with E-state index in [4.69, 9.17) is 9.79 Å². The molecule has 7 heteroatoms. The summed E-state index contributed by atoms with van der Waals surface area (Å²) in [5, 5.41) is 0. The van der Waals surface area contributed by atoms with E-state index in [2.05, 4.69) is 4.31 Å². The molecule has 0 radical (unpaired) electrons. The predicted molar refractivity (Wildman–Crippen MR) is 52.3 cm³/mol. The molecule has 0 amide bonds. The Hall–Kier alpha value is -0.440. The second-order valence-corrected chi connectivity index (χ2v) is 5.49. The van der Waals surface area contributed by atoms with Crippen LogP contribution in [0, 0.1) is 0 Å². The second-order valence-electron chi connectivity index (χ2n) is 2.64. The van der Waals surface area contributed by atoms with Crippen molar-refractivity contribution in [1.29, 1.82) is 0 Å². The molecule has 0 spiro atoms. The Labute approximate surface area is 81.8 Å². The summed E-state index contributed by atoms with van der Waals surface area (Å²) in [7, 11) is -7.36. The largest absolute Gasteiger partial charge is 0.339 e. The van der Waals surface area contributed by atoms with Crippen LogP contribution < -0.4 is 0 Å². The summed E-state index contributed by atoms with van der Waals surface area (Å²) in [6.07, 6.45) is -0.259. The van der Waals surface area contributed by atoms with Gasteiger partial charge in [-0.05, 0) is 5.56 Å². The molecule has 0 bridgehead atoms. The fourth-order valence-corrected chi connectivity index (χ4v) is 2.88. The third-order valence-corrected chi connectivity index (χ3v) is 3.98. The lowest BCUT2D eigenvalue weighted by Crippen LogP contribution is -1.88. The molecule has 0 aromatic heterocycles. The van der Waals surface area contributed by atoms with Crippen molar-refractivity contribution in [3.05, 3.63) is 35.9 Å². The molecule has 5 nitrogen and oxygen atoms in total. The Kier molecular flexibility index (Phi) is 4.05. The van der Waals surface area contributed by atoms with Gasteiger partial charge in [0.05, 0.1) is 6.16 Å². The first-order valence-electron chi connectivity index (χ1n) is 3.78. The van der Waals surface area contributed by atoms with E-state index in [1.165, 1.54) is 0 Å². The number of benzene rings is 1. The monoisotopic (exact) mass is 236 g/mol. The molecule has 2 unspecified atom stereocenters. The van der Waals surface area contributed by atoms with Crippen LogP contribution in [0.5, 0.6) is 0 Å². The van der Waals surface area contributed by atoms with Gasteiger partial charge in [0.15, 0.2) is 0 Å². The Morgan fingerprint density at radius 3 is 2.43 bits per heavy atom. The van der Waals surface area contributed by atoms with Crippen LogP contribution in [0.15, 0.2) is 30.3 Å². The van der Waals surface area contributed by atoms with E-state index >= 15 is 0 Å². The summed E-state index contributed by atoms with van der Waals surface area (Å²) < 4.78 is 25.5. The second kappa shape index (κ2) is 4.87. The molecule has 14 heavy (non-hydrogen) atoms. The highest BCUT2D eigenvalue weighted by Crippen LogP contribution is 2.52. The van der Waals surface area contributed by atoms with Gasteiger partial charge >= 0.3 is 15.9 Å². The Morgan fingerprint density at radius 2 is 1.93 bits per heavy atom. The van der Waals surface area contributed by atoms with Gasteiger partial charge in [0.2, 0.25) is 0 Å². The number of hydrogen-bond acceptors (Lipinski definition) is 3. The van der Waals surface area contributed by atoms with E-state index < -0.39 is 15.9 Å². The molecule has 0 saturated heterocycles. The van der Waals surface area contributed by atoms with Crippen LogP contribution in [0.2, 0.25) is 0 Å². The van der Waals surface area contributed by atoms with Crippen molar-refractivity contribution in [2.75, 3.05) is 0 Å². The zero-order valence-electron chi connectivity index (χ0n) is 7.16. The van der Waals surface area contributed by atoms with Gasteiger partial charge in [-0.25, -0.2) is 4.31 Å². The van der Waals surface area contributed by atoms with Crippen molar-refractivity contribution in [3.8, 4) is 0 Å². The van der Waals surface area contributed by atoms with Gasteiger partial charge in [-0.2, -0.15) is 0 Å². The summed E-state index contributed by atoms with van der Waals surface area (Å²) in [5.74, 6) is 0. The molecule has 1 aromatic rings. The van der Waals surface area contributed by atoms with Crippen molar-refractivity contribution < 1.29 is 23.2 Å². The molecule has 0 fully saturated rings. The van der Waals surface area contributed by atoms with Crippen molar-refractivity contribution in [2.24, 2.45) is 0 Å². The van der Waals surface area contributed by atoms with E-state index in [0.717, 1.165) is 0 Å². The van der Waals surface area contributed by atoms with E-state index in [1.807, 2.05) is 0 Å². The van der Waals surface area contributed by atoms with Gasteiger partial charge in [0.25, 0.3) is 0 Å². The average Bonchev–Trinajstić information content (AvgIpc) is 2.02. The van der Waals surface area contributed by atoms with Crippen LogP contribution in [0.3, 0.4) is 0 Å². The molecule has 0 aliphatic heterocycles. The van der Waals surface area contributed by atoms with Crippen LogP contribution in [0.25, 0.3) is 0 Å². The lowest BCUT2D eigenvalue weighted by Gasteiger charge is -2.08. The van der Waals surface area contributed by atoms with E-state index in [0.29, 0.717) is 5.56 Å².